The van der Waals surface area contributed by atoms with E-state index in [2.05, 4.69) is 19.9 Å². The zero-order chi connectivity index (χ0) is 24.6. The molecule has 0 amide bonds. The van der Waals surface area contributed by atoms with Crippen molar-refractivity contribution in [2.24, 2.45) is 0 Å². The Hall–Kier alpha value is -3.38. The number of esters is 2. The van der Waals surface area contributed by atoms with Crippen LogP contribution >= 0.6 is 0 Å². The SMILES string of the molecule is COC(=O)c1ccc(COc2cccc(C(C)(C)C=CC=CC(C)(C)O)c2)cc1C(=O)OC. The number of benzene rings is 2. The van der Waals surface area contributed by atoms with Crippen molar-refractivity contribution < 1.29 is 28.9 Å². The number of allylic oxidation sites excluding steroid dienone is 3. The molecule has 6 nitrogen and oxygen atoms in total. The highest BCUT2D eigenvalue weighted by Crippen LogP contribution is 2.28. The van der Waals surface area contributed by atoms with Gasteiger partial charge in [0, 0.05) is 5.41 Å². The summed E-state index contributed by atoms with van der Waals surface area (Å²) in [4.78, 5) is 24.0. The molecule has 0 aliphatic carbocycles. The molecule has 0 heterocycles. The van der Waals surface area contributed by atoms with Crippen molar-refractivity contribution in [2.75, 3.05) is 14.2 Å². The molecule has 0 aliphatic heterocycles. The molecule has 176 valence electrons. The Labute approximate surface area is 195 Å². The van der Waals surface area contributed by atoms with Crippen LogP contribution in [-0.4, -0.2) is 36.9 Å². The number of ether oxygens (including phenoxy) is 3. The predicted octanol–water partition coefficient (Wildman–Crippen LogP) is 5.00. The Morgan fingerprint density at radius 2 is 1.52 bits per heavy atom. The molecule has 33 heavy (non-hydrogen) atoms. The number of methoxy groups -OCH3 is 2. The molecule has 0 fully saturated rings. The van der Waals surface area contributed by atoms with Crippen LogP contribution in [0.1, 0.15) is 59.5 Å². The normalized spacial score (nSPS) is 12.2. The second-order valence-corrected chi connectivity index (χ2v) is 8.77. The molecule has 6 heteroatoms. The zero-order valence-electron chi connectivity index (χ0n) is 20.0. The Balaban J connectivity index is 2.18. The quantitative estimate of drug-likeness (QED) is 0.426. The van der Waals surface area contributed by atoms with Crippen LogP contribution < -0.4 is 4.74 Å². The van der Waals surface area contributed by atoms with Gasteiger partial charge in [-0.05, 0) is 49.2 Å². The van der Waals surface area contributed by atoms with Gasteiger partial charge in [0.05, 0.1) is 30.9 Å². The molecular weight excluding hydrogens is 420 g/mol. The van der Waals surface area contributed by atoms with Crippen LogP contribution in [0.2, 0.25) is 0 Å². The number of carbonyl (C=O) groups excluding carboxylic acids is 2. The van der Waals surface area contributed by atoms with Gasteiger partial charge >= 0.3 is 11.9 Å². The van der Waals surface area contributed by atoms with E-state index in [9.17, 15) is 14.7 Å². The Bertz CT molecular complexity index is 1040. The Kier molecular flexibility index (Phi) is 8.60. The summed E-state index contributed by atoms with van der Waals surface area (Å²) in [5.41, 5.74) is 0.926. The first kappa shape index (κ1) is 25.9. The lowest BCUT2D eigenvalue weighted by atomic mass is 9.84. The summed E-state index contributed by atoms with van der Waals surface area (Å²) in [6.45, 7) is 7.84. The lowest BCUT2D eigenvalue weighted by Crippen LogP contribution is -2.14. The molecule has 2 rings (SSSR count). The molecule has 0 saturated heterocycles. The van der Waals surface area contributed by atoms with Crippen molar-refractivity contribution in [1.29, 1.82) is 0 Å². The van der Waals surface area contributed by atoms with Crippen molar-refractivity contribution in [1.82, 2.24) is 0 Å². The molecule has 0 radical (unpaired) electrons. The molecule has 2 aromatic rings. The molecule has 0 unspecified atom stereocenters. The second-order valence-electron chi connectivity index (χ2n) is 8.77. The molecule has 0 bridgehead atoms. The van der Waals surface area contributed by atoms with Crippen LogP contribution in [-0.2, 0) is 21.5 Å². The third kappa shape index (κ3) is 7.61. The molecule has 1 N–H and O–H groups in total. The van der Waals surface area contributed by atoms with Crippen LogP contribution in [0.5, 0.6) is 5.75 Å². The van der Waals surface area contributed by atoms with E-state index >= 15 is 0 Å². The maximum absolute atomic E-state index is 12.1. The average Bonchev–Trinajstić information content (AvgIpc) is 2.79. The molecule has 0 atom stereocenters. The van der Waals surface area contributed by atoms with Gasteiger partial charge < -0.3 is 19.3 Å². The third-order valence-electron chi connectivity index (χ3n) is 5.01. The summed E-state index contributed by atoms with van der Waals surface area (Å²) >= 11 is 0. The van der Waals surface area contributed by atoms with Crippen molar-refractivity contribution in [3.8, 4) is 5.75 Å². The van der Waals surface area contributed by atoms with E-state index in [1.54, 1.807) is 32.1 Å². The summed E-state index contributed by atoms with van der Waals surface area (Å²) in [6.07, 6.45) is 7.54. The highest BCUT2D eigenvalue weighted by molar-refractivity contribution is 6.03. The minimum Gasteiger partial charge on any atom is -0.489 e. The van der Waals surface area contributed by atoms with E-state index in [4.69, 9.17) is 14.2 Å². The fourth-order valence-electron chi connectivity index (χ4n) is 3.08. The van der Waals surface area contributed by atoms with Gasteiger partial charge in [-0.1, -0.05) is 56.4 Å². The first-order chi connectivity index (χ1) is 15.5. The minimum atomic E-state index is -0.856. The first-order valence-electron chi connectivity index (χ1n) is 10.6. The summed E-state index contributed by atoms with van der Waals surface area (Å²) in [5, 5.41) is 9.78. The number of hydrogen-bond donors (Lipinski definition) is 1. The van der Waals surface area contributed by atoms with Crippen LogP contribution in [0.3, 0.4) is 0 Å². The maximum Gasteiger partial charge on any atom is 0.338 e. The van der Waals surface area contributed by atoms with Crippen molar-refractivity contribution >= 4 is 11.9 Å². The molecule has 0 saturated carbocycles. The van der Waals surface area contributed by atoms with Gasteiger partial charge in [0.15, 0.2) is 0 Å². The van der Waals surface area contributed by atoms with Crippen LogP contribution in [0, 0.1) is 0 Å². The van der Waals surface area contributed by atoms with Gasteiger partial charge in [0.25, 0.3) is 0 Å². The Morgan fingerprint density at radius 3 is 2.15 bits per heavy atom. The van der Waals surface area contributed by atoms with E-state index in [1.807, 2.05) is 36.4 Å². The van der Waals surface area contributed by atoms with E-state index in [0.717, 1.165) is 5.56 Å². The lowest BCUT2D eigenvalue weighted by Gasteiger charge is -2.22. The summed E-state index contributed by atoms with van der Waals surface area (Å²) in [7, 11) is 2.52. The zero-order valence-corrected chi connectivity index (χ0v) is 20.0. The first-order valence-corrected chi connectivity index (χ1v) is 10.6. The van der Waals surface area contributed by atoms with Crippen LogP contribution in [0.4, 0.5) is 0 Å². The van der Waals surface area contributed by atoms with Gasteiger partial charge in [0.1, 0.15) is 12.4 Å². The molecular formula is C27H32O6. The monoisotopic (exact) mass is 452 g/mol. The number of carbonyl (C=O) groups is 2. The highest BCUT2D eigenvalue weighted by Gasteiger charge is 2.20. The van der Waals surface area contributed by atoms with Gasteiger partial charge in [-0.2, -0.15) is 0 Å². The van der Waals surface area contributed by atoms with E-state index in [-0.39, 0.29) is 23.1 Å². The topological polar surface area (TPSA) is 82.1 Å². The van der Waals surface area contributed by atoms with Gasteiger partial charge in [-0.25, -0.2) is 9.59 Å². The minimum absolute atomic E-state index is 0.129. The summed E-state index contributed by atoms with van der Waals surface area (Å²) in [6, 6.07) is 12.6. The average molecular weight is 453 g/mol. The summed E-state index contributed by atoms with van der Waals surface area (Å²) < 4.78 is 15.5. The third-order valence-corrected chi connectivity index (χ3v) is 5.01. The van der Waals surface area contributed by atoms with E-state index < -0.39 is 17.5 Å². The number of hydrogen-bond acceptors (Lipinski definition) is 6. The smallest absolute Gasteiger partial charge is 0.338 e. The predicted molar refractivity (Wildman–Crippen MR) is 127 cm³/mol. The van der Waals surface area contributed by atoms with Gasteiger partial charge in [-0.3, -0.25) is 0 Å². The molecule has 2 aromatic carbocycles. The number of rotatable bonds is 9. The molecule has 0 aromatic heterocycles. The van der Waals surface area contributed by atoms with Crippen molar-refractivity contribution in [3.63, 3.8) is 0 Å². The van der Waals surface area contributed by atoms with Crippen molar-refractivity contribution in [3.05, 3.63) is 89.0 Å². The number of aliphatic hydroxyl groups is 1. The lowest BCUT2D eigenvalue weighted by molar-refractivity contribution is 0.0555. The van der Waals surface area contributed by atoms with Gasteiger partial charge in [-0.15, -0.1) is 0 Å². The Morgan fingerprint density at radius 1 is 0.879 bits per heavy atom. The fourth-order valence-corrected chi connectivity index (χ4v) is 3.08. The van der Waals surface area contributed by atoms with Gasteiger partial charge in [0.2, 0.25) is 0 Å². The fraction of sp³-hybridized carbons (Fsp3) is 0.333. The van der Waals surface area contributed by atoms with Crippen molar-refractivity contribution in [2.45, 2.75) is 45.3 Å². The largest absolute Gasteiger partial charge is 0.489 e. The second kappa shape index (κ2) is 11.0. The van der Waals surface area contributed by atoms with Crippen LogP contribution in [0.25, 0.3) is 0 Å². The molecule has 0 aliphatic rings. The molecule has 0 spiro atoms. The van der Waals surface area contributed by atoms with E-state index in [1.165, 1.54) is 20.3 Å². The standard InChI is InChI=1S/C27H32O6/c1-26(2,14-7-8-15-27(3,4)30)20-10-9-11-21(17-20)33-18-19-12-13-22(24(28)31-5)23(16-19)25(29)32-6/h7-17,30H,18H2,1-6H3. The summed E-state index contributed by atoms with van der Waals surface area (Å²) in [5.74, 6) is -0.549. The highest BCUT2D eigenvalue weighted by atomic mass is 16.5. The van der Waals surface area contributed by atoms with E-state index in [0.29, 0.717) is 11.3 Å². The van der Waals surface area contributed by atoms with Crippen LogP contribution in [0.15, 0.2) is 66.8 Å². The maximum atomic E-state index is 12.1.